The van der Waals surface area contributed by atoms with Crippen LogP contribution >= 0.6 is 11.6 Å². The van der Waals surface area contributed by atoms with Crippen molar-refractivity contribution in [3.05, 3.63) is 59.1 Å². The van der Waals surface area contributed by atoms with Gasteiger partial charge in [-0.05, 0) is 61.9 Å². The number of anilines is 1. The molecule has 6 nitrogen and oxygen atoms in total. The number of hydrogen-bond acceptors (Lipinski definition) is 5. The Kier molecular flexibility index (Phi) is 7.91. The van der Waals surface area contributed by atoms with E-state index in [1.165, 1.54) is 7.05 Å². The summed E-state index contributed by atoms with van der Waals surface area (Å²) in [7, 11) is -1.19. The predicted octanol–water partition coefficient (Wildman–Crippen LogP) is 2.26. The topological polar surface area (TPSA) is 78.9 Å². The Morgan fingerprint density at radius 3 is 2.56 bits per heavy atom. The fraction of sp³-hybridized carbons (Fsp3) is 0.368. The van der Waals surface area contributed by atoms with E-state index in [0.29, 0.717) is 29.5 Å². The molecule has 2 aromatic carbocycles. The number of ether oxygens (including phenoxy) is 1. The maximum Gasteiger partial charge on any atom is 0.224 e. The molecule has 8 heteroatoms. The lowest BCUT2D eigenvalue weighted by Crippen LogP contribution is -2.43. The van der Waals surface area contributed by atoms with E-state index < -0.39 is 16.5 Å². The summed E-state index contributed by atoms with van der Waals surface area (Å²) in [5.74, 6) is 0.562. The second-order valence-electron chi connectivity index (χ2n) is 6.60. The first kappa shape index (κ1) is 21.5. The Morgan fingerprint density at radius 2 is 1.93 bits per heavy atom. The Labute approximate surface area is 166 Å². The first-order valence-corrected chi connectivity index (χ1v) is 10.1. The number of rotatable bonds is 10. The van der Waals surface area contributed by atoms with Crippen LogP contribution in [-0.4, -0.2) is 45.9 Å². The predicted molar refractivity (Wildman–Crippen MR) is 109 cm³/mol. The van der Waals surface area contributed by atoms with Gasteiger partial charge in [-0.1, -0.05) is 23.7 Å². The maximum absolute atomic E-state index is 11.0. The fourth-order valence-corrected chi connectivity index (χ4v) is 2.96. The average molecular weight is 413 g/mol. The zero-order chi connectivity index (χ0) is 19.9. The molecule has 0 heterocycles. The molecule has 2 aromatic rings. The quantitative estimate of drug-likeness (QED) is 0.412. The van der Waals surface area contributed by atoms with Gasteiger partial charge >= 0.3 is 0 Å². The largest absolute Gasteiger partial charge is 0.491 e. The molecule has 1 atom stereocenters. The molecule has 148 valence electrons. The summed E-state index contributed by atoms with van der Waals surface area (Å²) in [6, 6.07) is 14.3. The van der Waals surface area contributed by atoms with Crippen LogP contribution in [0.2, 0.25) is 5.02 Å². The van der Waals surface area contributed by atoms with Crippen molar-refractivity contribution < 1.29 is 18.3 Å². The van der Waals surface area contributed by atoms with Gasteiger partial charge in [0.15, 0.2) is 0 Å². The number of hydrogen-bond donors (Lipinski definition) is 3. The van der Waals surface area contributed by atoms with Crippen LogP contribution in [0.3, 0.4) is 0 Å². The van der Waals surface area contributed by atoms with E-state index >= 15 is 0 Å². The minimum absolute atomic E-state index is 0.113. The summed E-state index contributed by atoms with van der Waals surface area (Å²) in [5, 5.41) is 14.4. The lowest BCUT2D eigenvalue weighted by atomic mass is 10.1. The van der Waals surface area contributed by atoms with E-state index in [9.17, 15) is 13.5 Å². The summed E-state index contributed by atoms with van der Waals surface area (Å²) in [6.07, 6.45) is 0.814. The molecule has 2 rings (SSSR count). The van der Waals surface area contributed by atoms with Crippen LogP contribution < -0.4 is 14.4 Å². The Hall–Kier alpha value is -1.80. The first-order chi connectivity index (χ1) is 12.8. The summed E-state index contributed by atoms with van der Waals surface area (Å²) in [6.45, 7) is 2.90. The van der Waals surface area contributed by atoms with Gasteiger partial charge in [-0.15, -0.1) is 0 Å². The minimum atomic E-state index is -2.66. The third-order valence-electron chi connectivity index (χ3n) is 3.99. The zero-order valence-electron chi connectivity index (χ0n) is 15.4. The van der Waals surface area contributed by atoms with Crippen LogP contribution in [-0.2, 0) is 17.3 Å². The van der Waals surface area contributed by atoms with Crippen molar-refractivity contribution in [3.8, 4) is 5.75 Å². The molecule has 0 aliphatic carbocycles. The monoisotopic (exact) mass is 412 g/mol. The molecule has 0 fully saturated rings. The fourth-order valence-electron chi connectivity index (χ4n) is 2.43. The molecule has 27 heavy (non-hydrogen) atoms. The minimum Gasteiger partial charge on any atom is -0.491 e. The Bertz CT molecular complexity index is 802. The molecule has 2 N–H and O–H groups in total. The molecule has 0 amide bonds. The second kappa shape index (κ2) is 9.94. The smallest absolute Gasteiger partial charge is 0.224 e. The highest BCUT2D eigenvalue weighted by atomic mass is 35.5. The van der Waals surface area contributed by atoms with Gasteiger partial charge in [-0.3, -0.25) is 4.31 Å². The molecule has 0 bridgehead atoms. The van der Waals surface area contributed by atoms with Gasteiger partial charge in [0.2, 0.25) is 10.9 Å². The van der Waals surface area contributed by atoms with Crippen molar-refractivity contribution in [2.45, 2.75) is 18.9 Å². The number of aliphatic hydroxyl groups is 1. The van der Waals surface area contributed by atoms with Gasteiger partial charge in [0.25, 0.3) is 0 Å². The normalized spacial score (nSPS) is 13.4. The van der Waals surface area contributed by atoms with Crippen molar-refractivity contribution in [2.24, 2.45) is 0 Å². The van der Waals surface area contributed by atoms with Gasteiger partial charge in [-0.2, -0.15) is 0 Å². The molecular formula is C19H25ClN2O4S. The molecule has 0 saturated carbocycles. The second-order valence-corrected chi connectivity index (χ2v) is 8.11. The van der Waals surface area contributed by atoms with Crippen LogP contribution in [0.25, 0.3) is 0 Å². The maximum atomic E-state index is 11.0. The molecule has 0 spiro atoms. The summed E-state index contributed by atoms with van der Waals surface area (Å²) in [4.78, 5) is 0. The van der Waals surface area contributed by atoms with Crippen LogP contribution in [0, 0.1) is 0 Å². The van der Waals surface area contributed by atoms with E-state index in [1.54, 1.807) is 31.2 Å². The highest BCUT2D eigenvalue weighted by Gasteiger charge is 2.21. The van der Waals surface area contributed by atoms with E-state index in [0.717, 1.165) is 16.3 Å². The van der Waals surface area contributed by atoms with Crippen molar-refractivity contribution in [1.29, 1.82) is 0 Å². The SMILES string of the molecule is CN(c1ccc(OC[C@@](C)(O)CNCCc2cccc(Cl)c2)cc1)[SH](=O)=O. The number of nitrogens with one attached hydrogen (secondary N) is 1. The first-order valence-electron chi connectivity index (χ1n) is 8.55. The Morgan fingerprint density at radius 1 is 1.22 bits per heavy atom. The summed E-state index contributed by atoms with van der Waals surface area (Å²) in [5.41, 5.74) is 0.644. The highest BCUT2D eigenvalue weighted by molar-refractivity contribution is 7.74. The summed E-state index contributed by atoms with van der Waals surface area (Å²) < 4.78 is 28.7. The molecule has 0 unspecified atom stereocenters. The third-order valence-corrected chi connectivity index (χ3v) is 4.95. The van der Waals surface area contributed by atoms with Crippen LogP contribution in [0.1, 0.15) is 12.5 Å². The summed E-state index contributed by atoms with van der Waals surface area (Å²) >= 11 is 5.96. The number of nitrogens with zero attached hydrogens (tertiary/aromatic N) is 1. The number of halogens is 1. The van der Waals surface area contributed by atoms with E-state index in [4.69, 9.17) is 16.3 Å². The van der Waals surface area contributed by atoms with Crippen molar-refractivity contribution >= 4 is 28.2 Å². The van der Waals surface area contributed by atoms with Crippen molar-refractivity contribution in [3.63, 3.8) is 0 Å². The van der Waals surface area contributed by atoms with Crippen LogP contribution in [0.4, 0.5) is 5.69 Å². The van der Waals surface area contributed by atoms with Crippen molar-refractivity contribution in [1.82, 2.24) is 5.32 Å². The third kappa shape index (κ3) is 7.38. The van der Waals surface area contributed by atoms with Crippen molar-refractivity contribution in [2.75, 3.05) is 31.0 Å². The lowest BCUT2D eigenvalue weighted by molar-refractivity contribution is 0.0125. The molecule has 0 aromatic heterocycles. The molecule has 0 radical (unpaired) electrons. The Balaban J connectivity index is 1.75. The van der Waals surface area contributed by atoms with Gasteiger partial charge in [0, 0.05) is 18.6 Å². The van der Waals surface area contributed by atoms with Gasteiger partial charge in [0.1, 0.15) is 18.0 Å². The molecule has 0 saturated heterocycles. The van der Waals surface area contributed by atoms with E-state index in [-0.39, 0.29) is 6.61 Å². The van der Waals surface area contributed by atoms with Gasteiger partial charge in [0.05, 0.1) is 5.69 Å². The molecule has 0 aliphatic rings. The lowest BCUT2D eigenvalue weighted by Gasteiger charge is -2.24. The standard InChI is InChI=1S/C19H25ClN2O4S/c1-19(23,13-21-11-10-15-4-3-5-16(20)12-15)14-26-18-8-6-17(7-9-18)22(2)27(24)25/h3-9,12,21,23,27H,10-11,13-14H2,1-2H3/t19-/m0/s1. The average Bonchev–Trinajstić information content (AvgIpc) is 2.63. The zero-order valence-corrected chi connectivity index (χ0v) is 17.0. The van der Waals surface area contributed by atoms with E-state index in [2.05, 4.69) is 5.32 Å². The molecule has 0 aliphatic heterocycles. The van der Waals surface area contributed by atoms with Gasteiger partial charge < -0.3 is 15.2 Å². The van der Waals surface area contributed by atoms with Gasteiger partial charge in [-0.25, -0.2) is 8.42 Å². The highest BCUT2D eigenvalue weighted by Crippen LogP contribution is 2.19. The van der Waals surface area contributed by atoms with Crippen LogP contribution in [0.5, 0.6) is 5.75 Å². The molecular weight excluding hydrogens is 388 g/mol. The van der Waals surface area contributed by atoms with E-state index in [1.807, 2.05) is 24.3 Å². The number of benzene rings is 2. The van der Waals surface area contributed by atoms with Crippen LogP contribution in [0.15, 0.2) is 48.5 Å². The number of thiol groups is 1.